The van der Waals surface area contributed by atoms with Gasteiger partial charge in [-0.2, -0.15) is 0 Å². The van der Waals surface area contributed by atoms with E-state index in [9.17, 15) is 9.18 Å². The van der Waals surface area contributed by atoms with Gasteiger partial charge in [-0.05, 0) is 43.9 Å². The van der Waals surface area contributed by atoms with Crippen LogP contribution in [0.2, 0.25) is 5.02 Å². The maximum absolute atomic E-state index is 13.9. The fraction of sp³-hybridized carbons (Fsp3) is 0.562. The van der Waals surface area contributed by atoms with Crippen LogP contribution in [0.25, 0.3) is 0 Å². The van der Waals surface area contributed by atoms with E-state index in [1.54, 1.807) is 11.0 Å². The number of amides is 1. The van der Waals surface area contributed by atoms with E-state index in [0.29, 0.717) is 13.1 Å². The van der Waals surface area contributed by atoms with Gasteiger partial charge < -0.3 is 9.80 Å². The largest absolute Gasteiger partial charge is 0.337 e. The average molecular weight is 311 g/mol. The molecule has 2 aliphatic rings. The van der Waals surface area contributed by atoms with E-state index in [1.807, 2.05) is 0 Å². The normalized spacial score (nSPS) is 20.4. The van der Waals surface area contributed by atoms with Gasteiger partial charge in [-0.15, -0.1) is 0 Å². The molecule has 0 atom stereocenters. The standard InChI is InChI=1S/C16H20ClFN2O/c17-13-3-1-4-14(18)15(13)16(21)20-8-2-7-19(9-10-20)11-12-5-6-12/h1,3-4,12H,2,5-11H2. The zero-order valence-electron chi connectivity index (χ0n) is 12.0. The molecule has 0 radical (unpaired) electrons. The molecule has 0 aromatic heterocycles. The number of carbonyl (C=O) groups is 1. The molecule has 1 saturated carbocycles. The molecule has 1 aromatic carbocycles. The van der Waals surface area contributed by atoms with Crippen LogP contribution in [-0.4, -0.2) is 48.4 Å². The zero-order valence-corrected chi connectivity index (χ0v) is 12.8. The summed E-state index contributed by atoms with van der Waals surface area (Å²) in [6.45, 7) is 4.35. The van der Waals surface area contributed by atoms with Crippen LogP contribution in [0.3, 0.4) is 0 Å². The smallest absolute Gasteiger partial charge is 0.258 e. The first-order valence-corrected chi connectivity index (χ1v) is 7.98. The molecule has 1 saturated heterocycles. The molecule has 1 amide bonds. The maximum atomic E-state index is 13.9. The monoisotopic (exact) mass is 310 g/mol. The van der Waals surface area contributed by atoms with Crippen LogP contribution in [0.5, 0.6) is 0 Å². The van der Waals surface area contributed by atoms with Gasteiger partial charge in [0.05, 0.1) is 10.6 Å². The van der Waals surface area contributed by atoms with Gasteiger partial charge in [-0.3, -0.25) is 4.79 Å². The minimum atomic E-state index is -0.536. The Labute approximate surface area is 129 Å². The van der Waals surface area contributed by atoms with Crippen LogP contribution in [0, 0.1) is 11.7 Å². The van der Waals surface area contributed by atoms with Crippen molar-refractivity contribution >= 4 is 17.5 Å². The molecular weight excluding hydrogens is 291 g/mol. The molecule has 0 N–H and O–H groups in total. The Hall–Kier alpha value is -1.13. The summed E-state index contributed by atoms with van der Waals surface area (Å²) < 4.78 is 13.9. The molecular formula is C16H20ClFN2O. The lowest BCUT2D eigenvalue weighted by molar-refractivity contribution is 0.0757. The molecule has 0 spiro atoms. The Balaban J connectivity index is 1.67. The van der Waals surface area contributed by atoms with E-state index in [1.165, 1.54) is 25.0 Å². The molecule has 1 aliphatic heterocycles. The maximum Gasteiger partial charge on any atom is 0.258 e. The van der Waals surface area contributed by atoms with Crippen LogP contribution in [0.4, 0.5) is 4.39 Å². The molecule has 0 unspecified atom stereocenters. The van der Waals surface area contributed by atoms with Crippen molar-refractivity contribution in [2.45, 2.75) is 19.3 Å². The summed E-state index contributed by atoms with van der Waals surface area (Å²) in [5, 5.41) is 0.194. The van der Waals surface area contributed by atoms with Crippen LogP contribution in [0.15, 0.2) is 18.2 Å². The third-order valence-corrected chi connectivity index (χ3v) is 4.58. The van der Waals surface area contributed by atoms with Crippen molar-refractivity contribution in [3.63, 3.8) is 0 Å². The molecule has 21 heavy (non-hydrogen) atoms. The molecule has 3 rings (SSSR count). The molecule has 2 fully saturated rings. The van der Waals surface area contributed by atoms with E-state index in [2.05, 4.69) is 4.90 Å². The molecule has 1 aromatic rings. The summed E-state index contributed by atoms with van der Waals surface area (Å²) in [6, 6.07) is 4.37. The van der Waals surface area contributed by atoms with E-state index >= 15 is 0 Å². The SMILES string of the molecule is O=C(c1c(F)cccc1Cl)N1CCCN(CC2CC2)CC1. The lowest BCUT2D eigenvalue weighted by atomic mass is 10.1. The topological polar surface area (TPSA) is 23.6 Å². The van der Waals surface area contributed by atoms with Crippen LogP contribution < -0.4 is 0 Å². The van der Waals surface area contributed by atoms with E-state index in [0.717, 1.165) is 32.0 Å². The third-order valence-electron chi connectivity index (χ3n) is 4.27. The minimum absolute atomic E-state index is 0.00908. The Morgan fingerprint density at radius 2 is 2.05 bits per heavy atom. The molecule has 114 valence electrons. The number of carbonyl (C=O) groups excluding carboxylic acids is 1. The Morgan fingerprint density at radius 3 is 2.76 bits per heavy atom. The number of nitrogens with zero attached hydrogens (tertiary/aromatic N) is 2. The highest BCUT2D eigenvalue weighted by Gasteiger charge is 2.27. The van der Waals surface area contributed by atoms with Gasteiger partial charge in [-0.1, -0.05) is 17.7 Å². The van der Waals surface area contributed by atoms with Crippen molar-refractivity contribution in [3.8, 4) is 0 Å². The minimum Gasteiger partial charge on any atom is -0.337 e. The summed E-state index contributed by atoms with van der Waals surface area (Å²) in [7, 11) is 0. The zero-order chi connectivity index (χ0) is 14.8. The second kappa shape index (κ2) is 6.32. The highest BCUT2D eigenvalue weighted by atomic mass is 35.5. The lowest BCUT2D eigenvalue weighted by Gasteiger charge is -2.22. The van der Waals surface area contributed by atoms with Gasteiger partial charge in [0.2, 0.25) is 0 Å². The van der Waals surface area contributed by atoms with Crippen molar-refractivity contribution in [2.24, 2.45) is 5.92 Å². The van der Waals surface area contributed by atoms with Crippen molar-refractivity contribution < 1.29 is 9.18 Å². The van der Waals surface area contributed by atoms with Crippen LogP contribution >= 0.6 is 11.6 Å². The predicted molar refractivity (Wildman–Crippen MR) is 81.1 cm³/mol. The first-order chi connectivity index (χ1) is 10.1. The van der Waals surface area contributed by atoms with Crippen LogP contribution in [-0.2, 0) is 0 Å². The highest BCUT2D eigenvalue weighted by molar-refractivity contribution is 6.33. The van der Waals surface area contributed by atoms with Gasteiger partial charge in [-0.25, -0.2) is 4.39 Å². The lowest BCUT2D eigenvalue weighted by Crippen LogP contribution is -2.36. The molecule has 0 bridgehead atoms. The Morgan fingerprint density at radius 1 is 1.24 bits per heavy atom. The molecule has 1 aliphatic carbocycles. The fourth-order valence-electron chi connectivity index (χ4n) is 2.88. The second-order valence-electron chi connectivity index (χ2n) is 5.99. The fourth-order valence-corrected chi connectivity index (χ4v) is 3.13. The summed E-state index contributed by atoms with van der Waals surface area (Å²) in [4.78, 5) is 16.7. The van der Waals surface area contributed by atoms with Crippen LogP contribution in [0.1, 0.15) is 29.6 Å². The second-order valence-corrected chi connectivity index (χ2v) is 6.39. The molecule has 5 heteroatoms. The predicted octanol–water partition coefficient (Wildman–Crippen LogP) is 3.04. The Kier molecular flexibility index (Phi) is 4.45. The van der Waals surface area contributed by atoms with Crippen molar-refractivity contribution in [1.29, 1.82) is 0 Å². The van der Waals surface area contributed by atoms with Gasteiger partial charge >= 0.3 is 0 Å². The van der Waals surface area contributed by atoms with Crippen molar-refractivity contribution in [2.75, 3.05) is 32.7 Å². The number of halogens is 2. The molecule has 1 heterocycles. The van der Waals surface area contributed by atoms with E-state index in [-0.39, 0.29) is 16.5 Å². The first-order valence-electron chi connectivity index (χ1n) is 7.61. The summed E-state index contributed by atoms with van der Waals surface area (Å²) in [5.74, 6) is 0.0335. The summed E-state index contributed by atoms with van der Waals surface area (Å²) in [5.41, 5.74) is 0.00908. The number of benzene rings is 1. The summed E-state index contributed by atoms with van der Waals surface area (Å²) in [6.07, 6.45) is 3.61. The number of rotatable bonds is 3. The highest BCUT2D eigenvalue weighted by Crippen LogP contribution is 2.30. The van der Waals surface area contributed by atoms with Gasteiger partial charge in [0.25, 0.3) is 5.91 Å². The number of hydrogen-bond donors (Lipinski definition) is 0. The van der Waals surface area contributed by atoms with Gasteiger partial charge in [0.15, 0.2) is 0 Å². The first kappa shape index (κ1) is 14.8. The third kappa shape index (κ3) is 3.55. The van der Waals surface area contributed by atoms with Crippen molar-refractivity contribution in [1.82, 2.24) is 9.80 Å². The summed E-state index contributed by atoms with van der Waals surface area (Å²) >= 11 is 5.99. The van der Waals surface area contributed by atoms with E-state index in [4.69, 9.17) is 11.6 Å². The van der Waals surface area contributed by atoms with E-state index < -0.39 is 5.82 Å². The average Bonchev–Trinajstić information content (AvgIpc) is 3.26. The number of hydrogen-bond acceptors (Lipinski definition) is 2. The van der Waals surface area contributed by atoms with Crippen molar-refractivity contribution in [3.05, 3.63) is 34.6 Å². The Bertz CT molecular complexity index is 513. The molecule has 3 nitrogen and oxygen atoms in total. The van der Waals surface area contributed by atoms with Gasteiger partial charge in [0, 0.05) is 26.2 Å². The quantitative estimate of drug-likeness (QED) is 0.857. The van der Waals surface area contributed by atoms with Gasteiger partial charge in [0.1, 0.15) is 5.82 Å².